The molecule has 0 amide bonds. The van der Waals surface area contributed by atoms with Crippen LogP contribution in [-0.2, 0) is 0 Å². The highest BCUT2D eigenvalue weighted by atomic mass is 16.3. The van der Waals surface area contributed by atoms with E-state index in [0.29, 0.717) is 5.56 Å². The lowest BCUT2D eigenvalue weighted by Crippen LogP contribution is -1.93. The second-order valence-electron chi connectivity index (χ2n) is 11.7. The Morgan fingerprint density at radius 3 is 1.79 bits per heavy atom. The maximum atomic E-state index is 9.52. The molecule has 1 heterocycles. The van der Waals surface area contributed by atoms with Crippen LogP contribution < -0.4 is 0 Å². The zero-order valence-electron chi connectivity index (χ0n) is 33.9. The summed E-state index contributed by atoms with van der Waals surface area (Å²) in [5.74, 6) is 0. The minimum Gasteiger partial charge on any atom is -0.455 e. The fraction of sp³-hybridized carbons (Fsp3) is 0. The van der Waals surface area contributed by atoms with Gasteiger partial charge in [0.15, 0.2) is 0 Å². The first-order valence-corrected chi connectivity index (χ1v) is 15.5. The minimum absolute atomic E-state index is 0.0540. The fourth-order valence-electron chi connectivity index (χ4n) is 7.16. The molecule has 10 rings (SSSR count). The van der Waals surface area contributed by atoms with E-state index in [1.54, 1.807) is 0 Å². The van der Waals surface area contributed by atoms with Crippen molar-refractivity contribution in [2.24, 2.45) is 0 Å². The smallest absolute Gasteiger partial charge is 0.143 e. The van der Waals surface area contributed by atoms with E-state index in [9.17, 15) is 2.74 Å². The molecule has 0 saturated heterocycles. The molecule has 0 aliphatic carbocycles. The van der Waals surface area contributed by atoms with Crippen molar-refractivity contribution in [3.63, 3.8) is 0 Å². The van der Waals surface area contributed by atoms with Gasteiger partial charge in [0.2, 0.25) is 0 Å². The molecule has 0 fully saturated rings. The first-order chi connectivity index (χ1) is 27.1. The summed E-state index contributed by atoms with van der Waals surface area (Å²) in [7, 11) is 0. The van der Waals surface area contributed by atoms with Crippen LogP contribution in [0.5, 0.6) is 0 Å². The first-order valence-electron chi connectivity index (χ1n) is 20.0. The molecule has 0 N–H and O–H groups in total. The number of benzene rings is 9. The van der Waals surface area contributed by atoms with Gasteiger partial charge in [0.25, 0.3) is 0 Å². The van der Waals surface area contributed by atoms with Crippen molar-refractivity contribution < 1.29 is 16.8 Å². The van der Waals surface area contributed by atoms with Gasteiger partial charge >= 0.3 is 0 Å². The molecular formula is C46H28O. The maximum absolute atomic E-state index is 9.52. The third kappa shape index (κ3) is 3.90. The molecule has 0 spiro atoms. The Morgan fingerprint density at radius 1 is 0.404 bits per heavy atom. The van der Waals surface area contributed by atoms with E-state index >= 15 is 0 Å². The number of rotatable bonds is 3. The van der Waals surface area contributed by atoms with Gasteiger partial charge in [0, 0.05) is 16.2 Å². The quantitative estimate of drug-likeness (QED) is 0.183. The molecule has 0 aliphatic rings. The molecule has 0 radical (unpaired) electrons. The summed E-state index contributed by atoms with van der Waals surface area (Å²) in [5.41, 5.74) is 4.79. The maximum Gasteiger partial charge on any atom is 0.143 e. The lowest BCUT2D eigenvalue weighted by Gasteiger charge is -2.20. The van der Waals surface area contributed by atoms with E-state index < -0.39 is 36.3 Å². The molecule has 47 heavy (non-hydrogen) atoms. The van der Waals surface area contributed by atoms with E-state index in [1.165, 1.54) is 0 Å². The molecule has 0 aliphatic heterocycles. The highest BCUT2D eigenvalue weighted by Gasteiger charge is 2.22. The van der Waals surface area contributed by atoms with Crippen molar-refractivity contribution >= 4 is 65.0 Å². The normalized spacial score (nSPS) is 14.5. The number of fused-ring (bicyclic) bond motifs is 8. The molecule has 0 saturated carbocycles. The van der Waals surface area contributed by atoms with Gasteiger partial charge in [-0.05, 0) is 95.3 Å². The van der Waals surface area contributed by atoms with E-state index in [0.717, 1.165) is 54.6 Å². The Hall–Kier alpha value is -6.18. The standard InChI is InChI=1S/C46H28O/c1-2-13-29(14-3-1)32-27-31-16-5-6-17-33(31)41(28-32)44-37-21-10-8-19-35(37)43(36-20-9-11-22-38(36)44)39-23-12-24-42-45(39)40-26-25-30-15-4-7-18-34(30)46(40)47-42/h1-28H/i4D,7D,12D,15D,18D,23D,24D,25D,26D. The van der Waals surface area contributed by atoms with E-state index in [-0.39, 0.29) is 56.4 Å². The van der Waals surface area contributed by atoms with Crippen LogP contribution in [-0.4, -0.2) is 0 Å². The SMILES string of the molecule is [2H]c1c([2H])c(-c2c3ccccc3c(-c3cc(-c4ccccc4)cc4ccccc34)c3ccccc23)c2c(oc3c4c([2H])c([2H])c([2H])c([2H])c4c([2H])c([2H])c32)c1[2H]. The van der Waals surface area contributed by atoms with Crippen molar-refractivity contribution in [2.75, 3.05) is 0 Å². The van der Waals surface area contributed by atoms with Crippen LogP contribution in [0.3, 0.4) is 0 Å². The zero-order chi connectivity index (χ0) is 38.7. The molecule has 0 atom stereocenters. The van der Waals surface area contributed by atoms with Crippen molar-refractivity contribution in [1.29, 1.82) is 0 Å². The van der Waals surface area contributed by atoms with Gasteiger partial charge < -0.3 is 4.42 Å². The van der Waals surface area contributed by atoms with E-state index in [1.807, 2.05) is 78.9 Å². The van der Waals surface area contributed by atoms with E-state index in [2.05, 4.69) is 36.4 Å². The lowest BCUT2D eigenvalue weighted by atomic mass is 9.83. The Labute approximate surface area is 284 Å². The number of furan rings is 1. The molecule has 1 aromatic heterocycles. The predicted molar refractivity (Wildman–Crippen MR) is 200 cm³/mol. The van der Waals surface area contributed by atoms with Crippen LogP contribution in [0.4, 0.5) is 0 Å². The molecule has 0 bridgehead atoms. The summed E-state index contributed by atoms with van der Waals surface area (Å²) in [4.78, 5) is 0. The zero-order valence-corrected chi connectivity index (χ0v) is 24.9. The van der Waals surface area contributed by atoms with Gasteiger partial charge in [-0.3, -0.25) is 0 Å². The van der Waals surface area contributed by atoms with Gasteiger partial charge in [0.1, 0.15) is 11.2 Å². The van der Waals surface area contributed by atoms with Gasteiger partial charge in [0.05, 0.1) is 12.3 Å². The van der Waals surface area contributed by atoms with Crippen LogP contribution in [0.25, 0.3) is 98.4 Å². The van der Waals surface area contributed by atoms with Crippen molar-refractivity contribution in [3.05, 3.63) is 170 Å². The molecule has 9 aromatic carbocycles. The first kappa shape index (κ1) is 18.7. The van der Waals surface area contributed by atoms with Gasteiger partial charge in [-0.15, -0.1) is 0 Å². The monoisotopic (exact) mass is 605 g/mol. The molecule has 218 valence electrons. The van der Waals surface area contributed by atoms with Gasteiger partial charge in [-0.2, -0.15) is 0 Å². The average Bonchev–Trinajstić information content (AvgIpc) is 3.62. The van der Waals surface area contributed by atoms with Crippen molar-refractivity contribution in [2.45, 2.75) is 0 Å². The Kier molecular flexibility index (Phi) is 4.05. The summed E-state index contributed by atoms with van der Waals surface area (Å²) >= 11 is 0. The minimum atomic E-state index is -0.533. The highest BCUT2D eigenvalue weighted by Crippen LogP contribution is 2.49. The van der Waals surface area contributed by atoms with Crippen LogP contribution in [0.15, 0.2) is 174 Å². The lowest BCUT2D eigenvalue weighted by molar-refractivity contribution is 0.673. The molecule has 1 nitrogen and oxygen atoms in total. The van der Waals surface area contributed by atoms with Gasteiger partial charge in [-0.25, -0.2) is 0 Å². The second-order valence-corrected chi connectivity index (χ2v) is 11.7. The van der Waals surface area contributed by atoms with Crippen LogP contribution in [0.2, 0.25) is 0 Å². The van der Waals surface area contributed by atoms with Crippen LogP contribution in [0, 0.1) is 0 Å². The molecular weight excluding hydrogens is 569 g/mol. The number of hydrogen-bond acceptors (Lipinski definition) is 1. The molecule has 1 heteroatoms. The van der Waals surface area contributed by atoms with Crippen LogP contribution >= 0.6 is 0 Å². The van der Waals surface area contributed by atoms with Crippen molar-refractivity contribution in [1.82, 2.24) is 0 Å². The summed E-state index contributed by atoms with van der Waals surface area (Å²) in [6.07, 6.45) is 0. The highest BCUT2D eigenvalue weighted by molar-refractivity contribution is 6.28. The number of hydrogen-bond donors (Lipinski definition) is 0. The predicted octanol–water partition coefficient (Wildman–Crippen LogP) is 13.2. The molecule has 0 unspecified atom stereocenters. The summed E-state index contributed by atoms with van der Waals surface area (Å²) in [6, 6.07) is 34.9. The van der Waals surface area contributed by atoms with Crippen molar-refractivity contribution in [3.8, 4) is 33.4 Å². The Balaban J connectivity index is 1.41. The third-order valence-electron chi connectivity index (χ3n) is 9.17. The summed E-state index contributed by atoms with van der Waals surface area (Å²) in [6.45, 7) is 0. The summed E-state index contributed by atoms with van der Waals surface area (Å²) in [5, 5.41) is 5.40. The second kappa shape index (κ2) is 10.2. The summed E-state index contributed by atoms with van der Waals surface area (Å²) < 4.78 is 86.4. The average molecular weight is 606 g/mol. The van der Waals surface area contributed by atoms with E-state index in [4.69, 9.17) is 14.0 Å². The largest absolute Gasteiger partial charge is 0.455 e. The Morgan fingerprint density at radius 2 is 1.04 bits per heavy atom. The fourth-order valence-corrected chi connectivity index (χ4v) is 7.16. The topological polar surface area (TPSA) is 13.1 Å². The third-order valence-corrected chi connectivity index (χ3v) is 9.17. The molecule has 10 aromatic rings. The van der Waals surface area contributed by atoms with Gasteiger partial charge in [-0.1, -0.05) is 145 Å². The van der Waals surface area contributed by atoms with Crippen LogP contribution in [0.1, 0.15) is 12.3 Å². The Bertz CT molecular complexity index is 3300.